The lowest BCUT2D eigenvalue weighted by Crippen LogP contribution is -2.38. The van der Waals surface area contributed by atoms with E-state index in [1.165, 1.54) is 0 Å². The number of benzene rings is 1. The number of fused-ring (bicyclic) bond motifs is 1. The Hall–Kier alpha value is -0.910. The maximum Gasteiger partial charge on any atom is 0.124 e. The molecule has 1 atom stereocenters. The first kappa shape index (κ1) is 12.1. The largest absolute Gasteiger partial charge is 0.379 e. The number of halogens is 1. The zero-order valence-electron chi connectivity index (χ0n) is 10.3. The summed E-state index contributed by atoms with van der Waals surface area (Å²) >= 11 is 3.48. The summed E-state index contributed by atoms with van der Waals surface area (Å²) in [5.74, 6) is 1.03. The molecule has 96 valence electrons. The number of aromatic nitrogens is 2. The molecule has 0 spiro atoms. The molecule has 0 saturated carbocycles. The smallest absolute Gasteiger partial charge is 0.124 e. The quantitative estimate of drug-likeness (QED) is 0.927. The number of nitrogens with one attached hydrogen (secondary N) is 1. The fourth-order valence-corrected chi connectivity index (χ4v) is 2.70. The molecule has 1 fully saturated rings. The van der Waals surface area contributed by atoms with Crippen LogP contribution in [0, 0.1) is 0 Å². The molecule has 1 unspecified atom stereocenters. The summed E-state index contributed by atoms with van der Waals surface area (Å²) in [7, 11) is 0. The Kier molecular flexibility index (Phi) is 3.37. The van der Waals surface area contributed by atoms with Crippen LogP contribution in [0.3, 0.4) is 0 Å². The Balaban J connectivity index is 1.88. The predicted molar refractivity (Wildman–Crippen MR) is 74.6 cm³/mol. The van der Waals surface area contributed by atoms with Crippen LogP contribution < -0.4 is 0 Å². The number of imidazole rings is 1. The second-order valence-electron chi connectivity index (χ2n) is 4.61. The van der Waals surface area contributed by atoms with Crippen molar-refractivity contribution in [1.29, 1.82) is 0 Å². The van der Waals surface area contributed by atoms with Gasteiger partial charge >= 0.3 is 0 Å². The van der Waals surface area contributed by atoms with Gasteiger partial charge in [0.05, 0.1) is 30.3 Å². The molecule has 4 nitrogen and oxygen atoms in total. The monoisotopic (exact) mass is 309 g/mol. The van der Waals surface area contributed by atoms with E-state index in [9.17, 15) is 0 Å². The SMILES string of the molecule is CC(c1nc2ccc(Br)cc2[nH]1)N1CCOCC1. The Labute approximate surface area is 114 Å². The minimum absolute atomic E-state index is 0.306. The molecule has 1 saturated heterocycles. The highest BCUT2D eigenvalue weighted by molar-refractivity contribution is 9.10. The molecule has 5 heteroatoms. The molecule has 1 aliphatic heterocycles. The van der Waals surface area contributed by atoms with E-state index in [4.69, 9.17) is 4.74 Å². The molecular formula is C13H16BrN3O. The Morgan fingerprint density at radius 3 is 2.94 bits per heavy atom. The van der Waals surface area contributed by atoms with Crippen molar-refractivity contribution in [3.63, 3.8) is 0 Å². The van der Waals surface area contributed by atoms with Gasteiger partial charge in [-0.1, -0.05) is 15.9 Å². The molecule has 0 radical (unpaired) electrons. The van der Waals surface area contributed by atoms with Crippen LogP contribution in [-0.4, -0.2) is 41.2 Å². The Morgan fingerprint density at radius 1 is 1.39 bits per heavy atom. The van der Waals surface area contributed by atoms with Crippen LogP contribution in [-0.2, 0) is 4.74 Å². The number of aromatic amines is 1. The third-order valence-corrected chi connectivity index (χ3v) is 3.94. The molecule has 1 aromatic heterocycles. The molecule has 0 bridgehead atoms. The molecule has 0 aliphatic carbocycles. The van der Waals surface area contributed by atoms with Crippen molar-refractivity contribution in [1.82, 2.24) is 14.9 Å². The van der Waals surface area contributed by atoms with E-state index < -0.39 is 0 Å². The number of nitrogens with zero attached hydrogens (tertiary/aromatic N) is 2. The van der Waals surface area contributed by atoms with Gasteiger partial charge in [0.1, 0.15) is 5.82 Å². The molecule has 3 rings (SSSR count). The van der Waals surface area contributed by atoms with E-state index in [-0.39, 0.29) is 0 Å². The molecule has 1 aromatic carbocycles. The lowest BCUT2D eigenvalue weighted by atomic mass is 10.2. The molecule has 2 aromatic rings. The molecule has 18 heavy (non-hydrogen) atoms. The molecule has 0 amide bonds. The predicted octanol–water partition coefficient (Wildman–Crippen LogP) is 2.72. The molecular weight excluding hydrogens is 294 g/mol. The lowest BCUT2D eigenvalue weighted by molar-refractivity contribution is 0.0184. The van der Waals surface area contributed by atoms with E-state index in [0.717, 1.165) is 47.6 Å². The fourth-order valence-electron chi connectivity index (χ4n) is 2.34. The first-order valence-corrected chi connectivity index (χ1v) is 7.00. The lowest BCUT2D eigenvalue weighted by Gasteiger charge is -2.31. The minimum atomic E-state index is 0.306. The maximum atomic E-state index is 5.38. The third-order valence-electron chi connectivity index (χ3n) is 3.45. The summed E-state index contributed by atoms with van der Waals surface area (Å²) in [6, 6.07) is 6.43. The van der Waals surface area contributed by atoms with Crippen LogP contribution in [0.25, 0.3) is 11.0 Å². The summed E-state index contributed by atoms with van der Waals surface area (Å²) in [5, 5.41) is 0. The van der Waals surface area contributed by atoms with Crippen LogP contribution in [0.5, 0.6) is 0 Å². The Morgan fingerprint density at radius 2 is 2.17 bits per heavy atom. The van der Waals surface area contributed by atoms with Crippen molar-refractivity contribution in [2.45, 2.75) is 13.0 Å². The van der Waals surface area contributed by atoms with Crippen LogP contribution in [0.1, 0.15) is 18.8 Å². The summed E-state index contributed by atoms with van der Waals surface area (Å²) in [4.78, 5) is 10.5. The standard InChI is InChI=1S/C13H16BrN3O/c1-9(17-4-6-18-7-5-17)13-15-11-3-2-10(14)8-12(11)16-13/h2-3,8-9H,4-7H2,1H3,(H,15,16). The van der Waals surface area contributed by atoms with Crippen molar-refractivity contribution in [3.8, 4) is 0 Å². The van der Waals surface area contributed by atoms with E-state index >= 15 is 0 Å². The van der Waals surface area contributed by atoms with Gasteiger partial charge in [-0.3, -0.25) is 4.90 Å². The van der Waals surface area contributed by atoms with Gasteiger partial charge in [0.15, 0.2) is 0 Å². The molecule has 2 heterocycles. The van der Waals surface area contributed by atoms with Crippen LogP contribution in [0.4, 0.5) is 0 Å². The van der Waals surface area contributed by atoms with E-state index in [1.807, 2.05) is 12.1 Å². The Bertz CT molecular complexity index is 548. The first-order chi connectivity index (χ1) is 8.74. The van der Waals surface area contributed by atoms with Gasteiger partial charge in [-0.05, 0) is 25.1 Å². The summed E-state index contributed by atoms with van der Waals surface area (Å²) in [5.41, 5.74) is 2.10. The van der Waals surface area contributed by atoms with Crippen molar-refractivity contribution in [2.24, 2.45) is 0 Å². The van der Waals surface area contributed by atoms with Crippen molar-refractivity contribution in [3.05, 3.63) is 28.5 Å². The normalized spacial score (nSPS) is 19.2. The van der Waals surface area contributed by atoms with Gasteiger partial charge in [-0.15, -0.1) is 0 Å². The van der Waals surface area contributed by atoms with Crippen LogP contribution in [0.15, 0.2) is 22.7 Å². The second-order valence-corrected chi connectivity index (χ2v) is 5.52. The number of ether oxygens (including phenoxy) is 1. The summed E-state index contributed by atoms with van der Waals surface area (Å²) in [6.07, 6.45) is 0. The van der Waals surface area contributed by atoms with Crippen LogP contribution >= 0.6 is 15.9 Å². The average molecular weight is 310 g/mol. The fraction of sp³-hybridized carbons (Fsp3) is 0.462. The van der Waals surface area contributed by atoms with Gasteiger partial charge < -0.3 is 9.72 Å². The van der Waals surface area contributed by atoms with Crippen LogP contribution in [0.2, 0.25) is 0 Å². The minimum Gasteiger partial charge on any atom is -0.379 e. The molecule has 1 aliphatic rings. The van der Waals surface area contributed by atoms with E-state index in [0.29, 0.717) is 6.04 Å². The zero-order chi connectivity index (χ0) is 12.5. The highest BCUT2D eigenvalue weighted by Gasteiger charge is 2.21. The number of rotatable bonds is 2. The summed E-state index contributed by atoms with van der Waals surface area (Å²) in [6.45, 7) is 5.77. The van der Waals surface area contributed by atoms with Crippen molar-refractivity contribution in [2.75, 3.05) is 26.3 Å². The topological polar surface area (TPSA) is 41.2 Å². The zero-order valence-corrected chi connectivity index (χ0v) is 11.9. The number of hydrogen-bond donors (Lipinski definition) is 1. The highest BCUT2D eigenvalue weighted by atomic mass is 79.9. The first-order valence-electron chi connectivity index (χ1n) is 6.21. The molecule has 1 N–H and O–H groups in total. The van der Waals surface area contributed by atoms with Gasteiger partial charge in [0.2, 0.25) is 0 Å². The van der Waals surface area contributed by atoms with Crippen molar-refractivity contribution < 1.29 is 4.74 Å². The number of morpholine rings is 1. The highest BCUT2D eigenvalue weighted by Crippen LogP contribution is 2.23. The van der Waals surface area contributed by atoms with Crippen molar-refractivity contribution >= 4 is 27.0 Å². The van der Waals surface area contributed by atoms with E-state index in [2.05, 4.69) is 43.8 Å². The maximum absolute atomic E-state index is 5.38. The summed E-state index contributed by atoms with van der Waals surface area (Å²) < 4.78 is 6.46. The van der Waals surface area contributed by atoms with Gasteiger partial charge in [-0.25, -0.2) is 4.98 Å². The van der Waals surface area contributed by atoms with Gasteiger partial charge in [0, 0.05) is 17.6 Å². The van der Waals surface area contributed by atoms with E-state index in [1.54, 1.807) is 0 Å². The average Bonchev–Trinajstić information content (AvgIpc) is 2.81. The third kappa shape index (κ3) is 2.30. The van der Waals surface area contributed by atoms with Gasteiger partial charge in [0.25, 0.3) is 0 Å². The second kappa shape index (κ2) is 4.99. The number of H-pyrrole nitrogens is 1. The number of hydrogen-bond acceptors (Lipinski definition) is 3. The van der Waals surface area contributed by atoms with Gasteiger partial charge in [-0.2, -0.15) is 0 Å².